The summed E-state index contributed by atoms with van der Waals surface area (Å²) < 4.78 is 7.89. The van der Waals surface area contributed by atoms with Gasteiger partial charge in [-0.25, -0.2) is 4.98 Å². The highest BCUT2D eigenvalue weighted by Crippen LogP contribution is 2.27. The molecular weight excluding hydrogens is 314 g/mol. The molecule has 0 bridgehead atoms. The Hall–Kier alpha value is -1.56. The zero-order valence-corrected chi connectivity index (χ0v) is 16.3. The summed E-state index contributed by atoms with van der Waals surface area (Å²) >= 11 is 0. The second-order valence-electron chi connectivity index (χ2n) is 7.35. The molecule has 0 aliphatic carbocycles. The molecule has 0 amide bonds. The minimum absolute atomic E-state index is 0.453. The van der Waals surface area contributed by atoms with E-state index < -0.39 is 0 Å². The highest BCUT2D eigenvalue weighted by molar-refractivity contribution is 5.80. The molecule has 0 spiro atoms. The fourth-order valence-corrected chi connectivity index (χ4v) is 3.19. The number of nitrogens with zero attached hydrogens (tertiary/aromatic N) is 4. The predicted molar refractivity (Wildman–Crippen MR) is 103 cm³/mol. The van der Waals surface area contributed by atoms with Crippen molar-refractivity contribution in [2.45, 2.75) is 46.6 Å². The van der Waals surface area contributed by atoms with Gasteiger partial charge in [-0.3, -0.25) is 4.99 Å². The maximum absolute atomic E-state index is 5.65. The molecule has 1 N–H and O–H groups in total. The number of imidazole rings is 1. The van der Waals surface area contributed by atoms with Gasteiger partial charge < -0.3 is 19.5 Å². The average Bonchev–Trinajstić information content (AvgIpc) is 3.11. The van der Waals surface area contributed by atoms with Crippen LogP contribution in [0.15, 0.2) is 23.7 Å². The van der Waals surface area contributed by atoms with Crippen LogP contribution in [0.4, 0.5) is 0 Å². The zero-order chi connectivity index (χ0) is 18.1. The molecule has 2 atom stereocenters. The third kappa shape index (κ3) is 6.34. The molecule has 1 aromatic rings. The van der Waals surface area contributed by atoms with Crippen LogP contribution in [-0.2, 0) is 4.74 Å². The largest absolute Gasteiger partial charge is 0.381 e. The molecule has 6 heteroatoms. The Bertz CT molecular complexity index is 500. The summed E-state index contributed by atoms with van der Waals surface area (Å²) in [7, 11) is 0. The van der Waals surface area contributed by atoms with Crippen molar-refractivity contribution in [1.29, 1.82) is 0 Å². The molecule has 1 aliphatic rings. The monoisotopic (exact) mass is 349 g/mol. The molecule has 1 saturated heterocycles. The van der Waals surface area contributed by atoms with Crippen molar-refractivity contribution in [3.05, 3.63) is 18.7 Å². The lowest BCUT2D eigenvalue weighted by Crippen LogP contribution is -2.49. The number of hydrogen-bond donors (Lipinski definition) is 1. The first-order chi connectivity index (χ1) is 12.1. The standard InChI is InChI=1S/C19H35N5O/c1-5-21-19(22-8-6-12-25-14-16(2)3)23-10-7-17(4)18(13-23)24-11-9-20-15-24/h9,11,15-18H,5-8,10,12-14H2,1-4H3,(H,21,22). The summed E-state index contributed by atoms with van der Waals surface area (Å²) in [4.78, 5) is 11.4. The van der Waals surface area contributed by atoms with Gasteiger partial charge in [0, 0.05) is 51.8 Å². The van der Waals surface area contributed by atoms with E-state index in [-0.39, 0.29) is 0 Å². The van der Waals surface area contributed by atoms with E-state index in [2.05, 4.69) is 53.7 Å². The smallest absolute Gasteiger partial charge is 0.193 e. The molecule has 2 rings (SSSR count). The summed E-state index contributed by atoms with van der Waals surface area (Å²) in [6.07, 6.45) is 8.01. The number of hydrogen-bond acceptors (Lipinski definition) is 3. The van der Waals surface area contributed by atoms with Gasteiger partial charge in [-0.2, -0.15) is 0 Å². The summed E-state index contributed by atoms with van der Waals surface area (Å²) in [6, 6.07) is 0.453. The lowest BCUT2D eigenvalue weighted by molar-refractivity contribution is 0.109. The molecule has 0 radical (unpaired) electrons. The van der Waals surface area contributed by atoms with Crippen molar-refractivity contribution in [3.63, 3.8) is 0 Å². The molecule has 1 aromatic heterocycles. The van der Waals surface area contributed by atoms with Gasteiger partial charge in [0.05, 0.1) is 12.4 Å². The normalized spacial score (nSPS) is 21.8. The number of piperidine rings is 1. The average molecular weight is 350 g/mol. The van der Waals surface area contributed by atoms with Crippen LogP contribution in [0.1, 0.15) is 46.6 Å². The molecule has 1 fully saturated rings. The number of likely N-dealkylation sites (tertiary alicyclic amines) is 1. The molecule has 2 heterocycles. The van der Waals surface area contributed by atoms with Crippen LogP contribution < -0.4 is 5.32 Å². The Morgan fingerprint density at radius 3 is 2.96 bits per heavy atom. The van der Waals surface area contributed by atoms with Crippen LogP contribution in [0.3, 0.4) is 0 Å². The predicted octanol–water partition coefficient (Wildman–Crippen LogP) is 2.79. The van der Waals surface area contributed by atoms with E-state index in [1.165, 1.54) is 6.42 Å². The van der Waals surface area contributed by atoms with E-state index in [9.17, 15) is 0 Å². The maximum Gasteiger partial charge on any atom is 0.193 e. The minimum Gasteiger partial charge on any atom is -0.381 e. The fraction of sp³-hybridized carbons (Fsp3) is 0.789. The number of nitrogens with one attached hydrogen (secondary N) is 1. The first kappa shape index (κ1) is 19.8. The van der Waals surface area contributed by atoms with Gasteiger partial charge in [0.15, 0.2) is 5.96 Å². The second kappa shape index (κ2) is 10.4. The lowest BCUT2D eigenvalue weighted by atomic mass is 9.93. The Balaban J connectivity index is 1.88. The molecule has 25 heavy (non-hydrogen) atoms. The van der Waals surface area contributed by atoms with Gasteiger partial charge in [-0.15, -0.1) is 0 Å². The second-order valence-corrected chi connectivity index (χ2v) is 7.35. The third-order valence-electron chi connectivity index (χ3n) is 4.62. The van der Waals surface area contributed by atoms with Crippen molar-refractivity contribution in [3.8, 4) is 0 Å². The third-order valence-corrected chi connectivity index (χ3v) is 4.62. The highest BCUT2D eigenvalue weighted by atomic mass is 16.5. The quantitative estimate of drug-likeness (QED) is 0.445. The van der Waals surface area contributed by atoms with E-state index in [0.29, 0.717) is 17.9 Å². The molecule has 2 unspecified atom stereocenters. The van der Waals surface area contributed by atoms with Crippen molar-refractivity contribution in [2.75, 3.05) is 39.4 Å². The number of guanidine groups is 1. The van der Waals surface area contributed by atoms with E-state index in [1.54, 1.807) is 0 Å². The van der Waals surface area contributed by atoms with Crippen LogP contribution >= 0.6 is 0 Å². The SMILES string of the molecule is CCNC(=NCCCOCC(C)C)N1CCC(C)C(n2ccnc2)C1. The van der Waals surface area contributed by atoms with Gasteiger partial charge in [0.1, 0.15) is 0 Å². The number of aromatic nitrogens is 2. The van der Waals surface area contributed by atoms with E-state index >= 15 is 0 Å². The number of rotatable bonds is 8. The first-order valence-electron chi connectivity index (χ1n) is 9.70. The summed E-state index contributed by atoms with van der Waals surface area (Å²) in [6.45, 7) is 14.2. The first-order valence-corrected chi connectivity index (χ1v) is 9.70. The van der Waals surface area contributed by atoms with Crippen LogP contribution in [0, 0.1) is 11.8 Å². The van der Waals surface area contributed by atoms with E-state index in [0.717, 1.165) is 51.8 Å². The van der Waals surface area contributed by atoms with E-state index in [4.69, 9.17) is 9.73 Å². The van der Waals surface area contributed by atoms with Gasteiger partial charge in [0.25, 0.3) is 0 Å². The topological polar surface area (TPSA) is 54.7 Å². The Morgan fingerprint density at radius 1 is 1.44 bits per heavy atom. The minimum atomic E-state index is 0.453. The summed E-state index contributed by atoms with van der Waals surface area (Å²) in [5, 5.41) is 3.45. The molecule has 0 saturated carbocycles. The summed E-state index contributed by atoms with van der Waals surface area (Å²) in [5.74, 6) is 2.28. The van der Waals surface area contributed by atoms with Gasteiger partial charge in [0.2, 0.25) is 0 Å². The Morgan fingerprint density at radius 2 is 2.28 bits per heavy atom. The van der Waals surface area contributed by atoms with Crippen LogP contribution in [0.25, 0.3) is 0 Å². The number of aliphatic imine (C=N–C) groups is 1. The van der Waals surface area contributed by atoms with Crippen molar-refractivity contribution in [1.82, 2.24) is 19.8 Å². The molecule has 1 aliphatic heterocycles. The Kier molecular flexibility index (Phi) is 8.25. The zero-order valence-electron chi connectivity index (χ0n) is 16.3. The number of ether oxygens (including phenoxy) is 1. The van der Waals surface area contributed by atoms with Gasteiger partial charge >= 0.3 is 0 Å². The lowest BCUT2D eigenvalue weighted by Gasteiger charge is -2.39. The summed E-state index contributed by atoms with van der Waals surface area (Å²) in [5.41, 5.74) is 0. The van der Waals surface area contributed by atoms with Crippen LogP contribution in [0.2, 0.25) is 0 Å². The van der Waals surface area contributed by atoms with Crippen molar-refractivity contribution in [2.24, 2.45) is 16.8 Å². The van der Waals surface area contributed by atoms with E-state index in [1.807, 2.05) is 12.5 Å². The van der Waals surface area contributed by atoms with Gasteiger partial charge in [-0.1, -0.05) is 20.8 Å². The van der Waals surface area contributed by atoms with Gasteiger partial charge in [-0.05, 0) is 31.6 Å². The maximum atomic E-state index is 5.65. The molecule has 6 nitrogen and oxygen atoms in total. The highest BCUT2D eigenvalue weighted by Gasteiger charge is 2.28. The van der Waals surface area contributed by atoms with Crippen LogP contribution in [0.5, 0.6) is 0 Å². The van der Waals surface area contributed by atoms with Crippen molar-refractivity contribution < 1.29 is 4.74 Å². The van der Waals surface area contributed by atoms with Crippen LogP contribution in [-0.4, -0.2) is 59.8 Å². The molecule has 142 valence electrons. The molecule has 0 aromatic carbocycles. The van der Waals surface area contributed by atoms with Crippen molar-refractivity contribution >= 4 is 5.96 Å². The fourth-order valence-electron chi connectivity index (χ4n) is 3.19. The Labute approximate surface area is 152 Å². The molecular formula is C19H35N5O.